The first kappa shape index (κ1) is 19.9. The van der Waals surface area contributed by atoms with Crippen LogP contribution in [0.1, 0.15) is 25.0 Å². The van der Waals surface area contributed by atoms with Crippen molar-refractivity contribution in [1.29, 1.82) is 0 Å². The smallest absolute Gasteiger partial charge is 0.242 e. The van der Waals surface area contributed by atoms with Crippen molar-refractivity contribution in [2.45, 2.75) is 32.9 Å². The van der Waals surface area contributed by atoms with Gasteiger partial charge in [0.2, 0.25) is 11.8 Å². The van der Waals surface area contributed by atoms with Gasteiger partial charge in [0, 0.05) is 18.1 Å². The molecule has 0 aromatic heterocycles. The van der Waals surface area contributed by atoms with Crippen molar-refractivity contribution in [3.8, 4) is 0 Å². The van der Waals surface area contributed by atoms with E-state index in [4.69, 9.17) is 11.6 Å². The minimum Gasteiger partial charge on any atom is -0.355 e. The number of carbonyl (C=O) groups excluding carboxylic acids is 2. The molecule has 0 saturated heterocycles. The normalized spacial score (nSPS) is 11.7. The summed E-state index contributed by atoms with van der Waals surface area (Å²) < 4.78 is 13.1. The highest BCUT2D eigenvalue weighted by Crippen LogP contribution is 2.15. The molecular weight excluding hydrogens is 355 g/mol. The Morgan fingerprint density at radius 2 is 1.65 bits per heavy atom. The van der Waals surface area contributed by atoms with E-state index in [2.05, 4.69) is 5.32 Å². The van der Waals surface area contributed by atoms with Crippen molar-refractivity contribution < 1.29 is 14.0 Å². The average Bonchev–Trinajstić information content (AvgIpc) is 2.62. The van der Waals surface area contributed by atoms with E-state index in [1.807, 2.05) is 6.92 Å². The topological polar surface area (TPSA) is 49.4 Å². The minimum absolute atomic E-state index is 0.155. The van der Waals surface area contributed by atoms with Gasteiger partial charge in [0.15, 0.2) is 0 Å². The predicted octanol–water partition coefficient (Wildman–Crippen LogP) is 3.58. The Kier molecular flexibility index (Phi) is 7.16. The largest absolute Gasteiger partial charge is 0.355 e. The highest BCUT2D eigenvalue weighted by atomic mass is 35.5. The molecule has 0 aliphatic carbocycles. The van der Waals surface area contributed by atoms with Gasteiger partial charge in [-0.2, -0.15) is 0 Å². The van der Waals surface area contributed by atoms with Crippen LogP contribution in [0.5, 0.6) is 0 Å². The Balaban J connectivity index is 2.20. The summed E-state index contributed by atoms with van der Waals surface area (Å²) in [7, 11) is 0. The number of likely N-dealkylation sites (N-methyl/N-ethyl adjacent to an activating group) is 1. The van der Waals surface area contributed by atoms with Crippen LogP contribution in [0.3, 0.4) is 0 Å². The second-order valence-electron chi connectivity index (χ2n) is 6.02. The SMILES string of the molecule is CCNC(=O)C(C)N(Cc1ccc(F)cc1)C(=O)Cc1ccc(Cl)cc1. The van der Waals surface area contributed by atoms with E-state index in [0.717, 1.165) is 11.1 Å². The lowest BCUT2D eigenvalue weighted by atomic mass is 10.1. The van der Waals surface area contributed by atoms with Crippen LogP contribution in [0.2, 0.25) is 5.02 Å². The number of hydrogen-bond acceptors (Lipinski definition) is 2. The van der Waals surface area contributed by atoms with Gasteiger partial charge >= 0.3 is 0 Å². The summed E-state index contributed by atoms with van der Waals surface area (Å²) in [6, 6.07) is 12.3. The fourth-order valence-electron chi connectivity index (χ4n) is 2.57. The summed E-state index contributed by atoms with van der Waals surface area (Å²) >= 11 is 5.88. The maximum absolute atomic E-state index is 13.1. The van der Waals surface area contributed by atoms with Crippen LogP contribution in [0.15, 0.2) is 48.5 Å². The number of carbonyl (C=O) groups is 2. The number of benzene rings is 2. The highest BCUT2D eigenvalue weighted by Gasteiger charge is 2.25. The third-order valence-electron chi connectivity index (χ3n) is 4.05. The molecule has 1 atom stereocenters. The number of rotatable bonds is 7. The molecule has 138 valence electrons. The van der Waals surface area contributed by atoms with E-state index < -0.39 is 6.04 Å². The van der Waals surface area contributed by atoms with E-state index in [1.165, 1.54) is 17.0 Å². The molecule has 6 heteroatoms. The Morgan fingerprint density at radius 1 is 1.08 bits per heavy atom. The fraction of sp³-hybridized carbons (Fsp3) is 0.300. The summed E-state index contributed by atoms with van der Waals surface area (Å²) in [4.78, 5) is 26.6. The zero-order chi connectivity index (χ0) is 19.1. The molecule has 0 bridgehead atoms. The van der Waals surface area contributed by atoms with E-state index in [1.54, 1.807) is 43.3 Å². The molecule has 0 radical (unpaired) electrons. The van der Waals surface area contributed by atoms with Crippen molar-refractivity contribution in [3.63, 3.8) is 0 Å². The second kappa shape index (κ2) is 9.34. The van der Waals surface area contributed by atoms with Crippen LogP contribution in [-0.4, -0.2) is 29.3 Å². The maximum atomic E-state index is 13.1. The molecule has 0 aliphatic heterocycles. The summed E-state index contributed by atoms with van der Waals surface area (Å²) in [6.07, 6.45) is 0.155. The molecule has 2 rings (SSSR count). The Labute approximate surface area is 158 Å². The van der Waals surface area contributed by atoms with E-state index in [0.29, 0.717) is 11.6 Å². The third kappa shape index (κ3) is 5.56. The van der Waals surface area contributed by atoms with Crippen LogP contribution in [-0.2, 0) is 22.6 Å². The van der Waals surface area contributed by atoms with Gasteiger partial charge in [0.25, 0.3) is 0 Å². The van der Waals surface area contributed by atoms with Crippen LogP contribution in [0.4, 0.5) is 4.39 Å². The van der Waals surface area contributed by atoms with E-state index in [9.17, 15) is 14.0 Å². The zero-order valence-electron chi connectivity index (χ0n) is 14.8. The van der Waals surface area contributed by atoms with Crippen LogP contribution in [0, 0.1) is 5.82 Å². The molecule has 26 heavy (non-hydrogen) atoms. The minimum atomic E-state index is -0.639. The molecule has 0 spiro atoms. The molecule has 1 unspecified atom stereocenters. The van der Waals surface area contributed by atoms with Crippen molar-refractivity contribution >= 4 is 23.4 Å². The standard InChI is InChI=1S/C20H22ClFN2O2/c1-3-23-20(26)14(2)24(13-16-6-10-18(22)11-7-16)19(25)12-15-4-8-17(21)9-5-15/h4-11,14H,3,12-13H2,1-2H3,(H,23,26). The molecule has 0 aliphatic rings. The summed E-state index contributed by atoms with van der Waals surface area (Å²) in [6.45, 7) is 4.22. The van der Waals surface area contributed by atoms with Crippen molar-refractivity contribution in [3.05, 3.63) is 70.5 Å². The molecule has 4 nitrogen and oxygen atoms in total. The van der Waals surface area contributed by atoms with E-state index >= 15 is 0 Å². The molecule has 1 N–H and O–H groups in total. The average molecular weight is 377 g/mol. The van der Waals surface area contributed by atoms with Gasteiger partial charge in [-0.25, -0.2) is 4.39 Å². The second-order valence-corrected chi connectivity index (χ2v) is 6.46. The molecule has 0 heterocycles. The number of nitrogens with one attached hydrogen (secondary N) is 1. The van der Waals surface area contributed by atoms with Gasteiger partial charge < -0.3 is 10.2 Å². The lowest BCUT2D eigenvalue weighted by molar-refractivity contribution is -0.140. The van der Waals surface area contributed by atoms with Crippen LogP contribution < -0.4 is 5.32 Å². The monoisotopic (exact) mass is 376 g/mol. The third-order valence-corrected chi connectivity index (χ3v) is 4.31. The number of halogens is 2. The van der Waals surface area contributed by atoms with E-state index in [-0.39, 0.29) is 30.6 Å². The van der Waals surface area contributed by atoms with Gasteiger partial charge in [-0.3, -0.25) is 9.59 Å². The van der Waals surface area contributed by atoms with Gasteiger partial charge in [-0.1, -0.05) is 35.9 Å². The molecule has 2 aromatic rings. The Morgan fingerprint density at radius 3 is 2.23 bits per heavy atom. The molecule has 2 aromatic carbocycles. The number of nitrogens with zero attached hydrogens (tertiary/aromatic N) is 1. The lowest BCUT2D eigenvalue weighted by Gasteiger charge is -2.29. The van der Waals surface area contributed by atoms with Gasteiger partial charge in [0.05, 0.1) is 6.42 Å². The van der Waals surface area contributed by atoms with Crippen LogP contribution >= 0.6 is 11.6 Å². The first-order valence-electron chi connectivity index (χ1n) is 8.46. The molecular formula is C20H22ClFN2O2. The predicted molar refractivity (Wildman–Crippen MR) is 100 cm³/mol. The first-order valence-corrected chi connectivity index (χ1v) is 8.84. The first-order chi connectivity index (χ1) is 12.4. The van der Waals surface area contributed by atoms with Crippen molar-refractivity contribution in [2.24, 2.45) is 0 Å². The Bertz CT molecular complexity index is 747. The molecule has 0 fully saturated rings. The highest BCUT2D eigenvalue weighted by molar-refractivity contribution is 6.30. The molecule has 0 saturated carbocycles. The zero-order valence-corrected chi connectivity index (χ0v) is 15.6. The summed E-state index contributed by atoms with van der Waals surface area (Å²) in [5, 5.41) is 3.33. The van der Waals surface area contributed by atoms with Gasteiger partial charge in [-0.05, 0) is 49.2 Å². The Hall–Kier alpha value is -2.40. The van der Waals surface area contributed by atoms with Crippen LogP contribution in [0.25, 0.3) is 0 Å². The van der Waals surface area contributed by atoms with Crippen molar-refractivity contribution in [1.82, 2.24) is 10.2 Å². The van der Waals surface area contributed by atoms with Gasteiger partial charge in [0.1, 0.15) is 11.9 Å². The summed E-state index contributed by atoms with van der Waals surface area (Å²) in [5.74, 6) is -0.751. The quantitative estimate of drug-likeness (QED) is 0.803. The number of amides is 2. The fourth-order valence-corrected chi connectivity index (χ4v) is 2.70. The lowest BCUT2D eigenvalue weighted by Crippen LogP contribution is -2.48. The molecule has 2 amide bonds. The summed E-state index contributed by atoms with van der Waals surface area (Å²) in [5.41, 5.74) is 1.57. The maximum Gasteiger partial charge on any atom is 0.242 e. The van der Waals surface area contributed by atoms with Gasteiger partial charge in [-0.15, -0.1) is 0 Å². The number of hydrogen-bond donors (Lipinski definition) is 1. The van der Waals surface area contributed by atoms with Crippen molar-refractivity contribution in [2.75, 3.05) is 6.54 Å².